The molecule has 7 nitrogen and oxygen atoms in total. The van der Waals surface area contributed by atoms with Crippen molar-refractivity contribution in [3.05, 3.63) is 58.1 Å². The summed E-state index contributed by atoms with van der Waals surface area (Å²) in [5, 5.41) is 3.04. The molecule has 3 rings (SSSR count). The van der Waals surface area contributed by atoms with Gasteiger partial charge in [0.15, 0.2) is 0 Å². The summed E-state index contributed by atoms with van der Waals surface area (Å²) < 4.78 is 38.7. The van der Waals surface area contributed by atoms with Gasteiger partial charge in [-0.3, -0.25) is 4.79 Å². The van der Waals surface area contributed by atoms with Crippen LogP contribution in [0.25, 0.3) is 0 Å². The molecule has 0 aliphatic carbocycles. The Morgan fingerprint density at radius 1 is 1.12 bits per heavy atom. The molecular weight excluding hydrogens is 496 g/mol. The fourth-order valence-corrected chi connectivity index (χ4v) is 5.69. The number of sulfonamides is 1. The van der Waals surface area contributed by atoms with Crippen LogP contribution in [0, 0.1) is 5.92 Å². The maximum atomic E-state index is 12.9. The molecule has 1 heterocycles. The van der Waals surface area contributed by atoms with Crippen molar-refractivity contribution in [2.24, 2.45) is 5.92 Å². The standard InChI is InChI=1S/C23H29BrN2O5S/c1-16(21-14-20(30-2)8-9-22(21)31-3)25-23(27)18-10-12-26(13-11-18)32(28,29)15-17-4-6-19(24)7-5-17/h4-9,14,16,18H,10-13,15H2,1-3H3,(H,25,27). The number of piperidine rings is 1. The molecule has 174 valence electrons. The number of benzene rings is 2. The monoisotopic (exact) mass is 524 g/mol. The second kappa shape index (κ2) is 10.7. The predicted molar refractivity (Wildman–Crippen MR) is 127 cm³/mol. The van der Waals surface area contributed by atoms with Crippen LogP contribution in [0.1, 0.15) is 36.9 Å². The molecular formula is C23H29BrN2O5S. The van der Waals surface area contributed by atoms with E-state index in [0.717, 1.165) is 15.6 Å². The van der Waals surface area contributed by atoms with Gasteiger partial charge in [-0.15, -0.1) is 0 Å². The van der Waals surface area contributed by atoms with Crippen molar-refractivity contribution < 1.29 is 22.7 Å². The number of nitrogens with one attached hydrogen (secondary N) is 1. The number of carbonyl (C=O) groups is 1. The fourth-order valence-electron chi connectivity index (χ4n) is 3.87. The van der Waals surface area contributed by atoms with Gasteiger partial charge in [0.05, 0.1) is 26.0 Å². The molecule has 32 heavy (non-hydrogen) atoms. The number of hydrogen-bond donors (Lipinski definition) is 1. The normalized spacial score (nSPS) is 16.4. The van der Waals surface area contributed by atoms with Gasteiger partial charge < -0.3 is 14.8 Å². The molecule has 1 aliphatic rings. The molecule has 2 aromatic carbocycles. The fraction of sp³-hybridized carbons (Fsp3) is 0.435. The highest BCUT2D eigenvalue weighted by molar-refractivity contribution is 9.10. The first kappa shape index (κ1) is 24.5. The lowest BCUT2D eigenvalue weighted by Gasteiger charge is -2.31. The van der Waals surface area contributed by atoms with E-state index < -0.39 is 10.0 Å². The Labute approximate surface area is 198 Å². The Morgan fingerprint density at radius 3 is 2.38 bits per heavy atom. The number of ether oxygens (including phenoxy) is 2. The third kappa shape index (κ3) is 6.02. The Bertz CT molecular complexity index is 1030. The lowest BCUT2D eigenvalue weighted by atomic mass is 9.96. The number of methoxy groups -OCH3 is 2. The number of carbonyl (C=O) groups excluding carboxylic acids is 1. The van der Waals surface area contributed by atoms with E-state index in [9.17, 15) is 13.2 Å². The summed E-state index contributed by atoms with van der Waals surface area (Å²) in [6, 6.07) is 12.5. The van der Waals surface area contributed by atoms with Crippen LogP contribution in [0.3, 0.4) is 0 Å². The number of rotatable bonds is 8. The molecule has 1 unspecified atom stereocenters. The molecule has 0 saturated carbocycles. The quantitative estimate of drug-likeness (QED) is 0.566. The van der Waals surface area contributed by atoms with Crippen molar-refractivity contribution in [3.8, 4) is 11.5 Å². The van der Waals surface area contributed by atoms with E-state index >= 15 is 0 Å². The van der Waals surface area contributed by atoms with Crippen LogP contribution in [0.5, 0.6) is 11.5 Å². The molecule has 2 aromatic rings. The highest BCUT2D eigenvalue weighted by Crippen LogP contribution is 2.30. The van der Waals surface area contributed by atoms with Gasteiger partial charge in [-0.1, -0.05) is 28.1 Å². The van der Waals surface area contributed by atoms with Crippen molar-refractivity contribution in [1.82, 2.24) is 9.62 Å². The second-order valence-corrected chi connectivity index (χ2v) is 10.8. The van der Waals surface area contributed by atoms with E-state index in [1.165, 1.54) is 4.31 Å². The highest BCUT2D eigenvalue weighted by atomic mass is 79.9. The van der Waals surface area contributed by atoms with Gasteiger partial charge in [-0.25, -0.2) is 12.7 Å². The second-order valence-electron chi connectivity index (χ2n) is 7.89. The first-order valence-electron chi connectivity index (χ1n) is 10.5. The molecule has 0 bridgehead atoms. The molecule has 9 heteroatoms. The summed E-state index contributed by atoms with van der Waals surface area (Å²) in [4.78, 5) is 12.9. The van der Waals surface area contributed by atoms with Crippen LogP contribution in [-0.2, 0) is 20.6 Å². The average Bonchev–Trinajstić information content (AvgIpc) is 2.80. The predicted octanol–water partition coefficient (Wildman–Crippen LogP) is 3.89. The third-order valence-corrected chi connectivity index (χ3v) is 8.12. The van der Waals surface area contributed by atoms with Crippen molar-refractivity contribution in [2.45, 2.75) is 31.6 Å². The summed E-state index contributed by atoms with van der Waals surface area (Å²) in [6.45, 7) is 2.58. The van der Waals surface area contributed by atoms with Gasteiger partial charge in [-0.2, -0.15) is 0 Å². The maximum Gasteiger partial charge on any atom is 0.223 e. The average molecular weight is 525 g/mol. The summed E-state index contributed by atoms with van der Waals surface area (Å²) in [5.41, 5.74) is 1.57. The van der Waals surface area contributed by atoms with E-state index in [1.807, 2.05) is 31.2 Å². The number of amides is 1. The van der Waals surface area contributed by atoms with Crippen molar-refractivity contribution in [2.75, 3.05) is 27.3 Å². The first-order chi connectivity index (χ1) is 15.2. The topological polar surface area (TPSA) is 84.9 Å². The van der Waals surface area contributed by atoms with Gasteiger partial charge in [0.2, 0.25) is 15.9 Å². The van der Waals surface area contributed by atoms with E-state index in [-0.39, 0.29) is 23.6 Å². The number of nitrogens with zero attached hydrogens (tertiary/aromatic N) is 1. The highest BCUT2D eigenvalue weighted by Gasteiger charge is 2.32. The van der Waals surface area contributed by atoms with Crippen molar-refractivity contribution in [3.63, 3.8) is 0 Å². The molecule has 1 amide bonds. The molecule has 0 radical (unpaired) electrons. The largest absolute Gasteiger partial charge is 0.497 e. The molecule has 1 N–H and O–H groups in total. The Balaban J connectivity index is 1.58. The SMILES string of the molecule is COc1ccc(OC)c(C(C)NC(=O)C2CCN(S(=O)(=O)Cc3ccc(Br)cc3)CC2)c1. The van der Waals surface area contributed by atoms with Gasteiger partial charge in [0.1, 0.15) is 11.5 Å². The van der Waals surface area contributed by atoms with E-state index in [4.69, 9.17) is 9.47 Å². The van der Waals surface area contributed by atoms with Crippen LogP contribution in [0.15, 0.2) is 46.9 Å². The number of halogens is 1. The Hall–Kier alpha value is -2.10. The Morgan fingerprint density at radius 2 is 1.78 bits per heavy atom. The zero-order chi connectivity index (χ0) is 23.3. The molecule has 1 fully saturated rings. The van der Waals surface area contributed by atoms with Crippen molar-refractivity contribution in [1.29, 1.82) is 0 Å². The molecule has 1 saturated heterocycles. The van der Waals surface area contributed by atoms with Gasteiger partial charge in [0, 0.05) is 29.0 Å². The van der Waals surface area contributed by atoms with E-state index in [1.54, 1.807) is 32.4 Å². The zero-order valence-electron chi connectivity index (χ0n) is 18.5. The summed E-state index contributed by atoms with van der Waals surface area (Å²) in [7, 11) is -0.247. The maximum absolute atomic E-state index is 12.9. The molecule has 0 spiro atoms. The molecule has 1 atom stereocenters. The van der Waals surface area contributed by atoms with Gasteiger partial charge >= 0.3 is 0 Å². The zero-order valence-corrected chi connectivity index (χ0v) is 20.9. The minimum atomic E-state index is -3.43. The molecule has 1 aliphatic heterocycles. The Kier molecular flexibility index (Phi) is 8.19. The van der Waals surface area contributed by atoms with Crippen LogP contribution < -0.4 is 14.8 Å². The van der Waals surface area contributed by atoms with E-state index in [0.29, 0.717) is 37.4 Å². The third-order valence-electron chi connectivity index (χ3n) is 5.74. The van der Waals surface area contributed by atoms with Gasteiger partial charge in [0.25, 0.3) is 0 Å². The summed E-state index contributed by atoms with van der Waals surface area (Å²) in [5.74, 6) is 1.02. The minimum Gasteiger partial charge on any atom is -0.497 e. The van der Waals surface area contributed by atoms with Crippen molar-refractivity contribution >= 4 is 31.9 Å². The lowest BCUT2D eigenvalue weighted by Crippen LogP contribution is -2.43. The lowest BCUT2D eigenvalue weighted by molar-refractivity contribution is -0.126. The summed E-state index contributed by atoms with van der Waals surface area (Å²) in [6.07, 6.45) is 0.987. The van der Waals surface area contributed by atoms with Crippen LogP contribution >= 0.6 is 15.9 Å². The van der Waals surface area contributed by atoms with Crippen LogP contribution in [-0.4, -0.2) is 45.9 Å². The minimum absolute atomic E-state index is 0.0379. The first-order valence-corrected chi connectivity index (χ1v) is 12.9. The van der Waals surface area contributed by atoms with E-state index in [2.05, 4.69) is 21.2 Å². The van der Waals surface area contributed by atoms with Crippen LogP contribution in [0.4, 0.5) is 0 Å². The van der Waals surface area contributed by atoms with Crippen LogP contribution in [0.2, 0.25) is 0 Å². The smallest absolute Gasteiger partial charge is 0.223 e. The number of hydrogen-bond acceptors (Lipinski definition) is 5. The molecule has 0 aromatic heterocycles. The summed E-state index contributed by atoms with van der Waals surface area (Å²) >= 11 is 3.36. The van der Waals surface area contributed by atoms with Gasteiger partial charge in [-0.05, 0) is 55.7 Å².